The molecule has 0 amide bonds. The molecular formula is C39H55Cl6NO10S. The molecule has 57 heavy (non-hydrogen) atoms. The summed E-state index contributed by atoms with van der Waals surface area (Å²) in [5, 5.41) is 2.44. The number of alkyl halides is 6. The molecule has 0 aromatic carbocycles. The molecule has 0 radical (unpaired) electrons. The van der Waals surface area contributed by atoms with E-state index in [9.17, 15) is 19.2 Å². The molecule has 0 saturated carbocycles. The van der Waals surface area contributed by atoms with Gasteiger partial charge in [0.25, 0.3) is 0 Å². The van der Waals surface area contributed by atoms with Crippen LogP contribution in [0.5, 0.6) is 0 Å². The number of ketones is 1. The number of aromatic nitrogens is 1. The number of rotatable bonds is 20. The number of thiazole rings is 1. The number of halogens is 6. The highest BCUT2D eigenvalue weighted by molar-refractivity contribution is 7.09. The number of carbonyl (C=O) groups is 4. The predicted molar refractivity (Wildman–Crippen MR) is 228 cm³/mol. The van der Waals surface area contributed by atoms with Crippen LogP contribution in [-0.4, -0.2) is 74.8 Å². The van der Waals surface area contributed by atoms with Gasteiger partial charge in [0.1, 0.15) is 42.3 Å². The fourth-order valence-electron chi connectivity index (χ4n) is 5.41. The van der Waals surface area contributed by atoms with Crippen LogP contribution < -0.4 is 0 Å². The first-order chi connectivity index (χ1) is 26.0. The maximum Gasteiger partial charge on any atom is 0.508 e. The van der Waals surface area contributed by atoms with Gasteiger partial charge in [-0.15, -0.1) is 11.3 Å². The number of allylic oxidation sites excluding steroid dienone is 5. The smallest absolute Gasteiger partial charge is 0.460 e. The number of esters is 1. The second-order valence-corrected chi connectivity index (χ2v) is 21.3. The van der Waals surface area contributed by atoms with E-state index >= 15 is 0 Å². The topological polar surface area (TPSA) is 137 Å². The summed E-state index contributed by atoms with van der Waals surface area (Å²) in [6.45, 7) is 17.2. The number of nitrogens with zero attached hydrogens (tertiary/aromatic N) is 1. The zero-order chi connectivity index (χ0) is 43.9. The molecule has 0 aliphatic carbocycles. The van der Waals surface area contributed by atoms with Gasteiger partial charge >= 0.3 is 18.3 Å². The normalized spacial score (nSPS) is 16.0. The average molecular weight is 943 g/mol. The molecule has 0 aliphatic heterocycles. The Hall–Kier alpha value is -1.77. The van der Waals surface area contributed by atoms with Crippen molar-refractivity contribution in [2.24, 2.45) is 23.2 Å². The monoisotopic (exact) mass is 939 g/mol. The quantitative estimate of drug-likeness (QED) is 0.0535. The van der Waals surface area contributed by atoms with Gasteiger partial charge in [-0.25, -0.2) is 14.6 Å². The third kappa shape index (κ3) is 21.9. The van der Waals surface area contributed by atoms with Gasteiger partial charge < -0.3 is 28.4 Å². The molecule has 1 rings (SSSR count). The SMILES string of the molecule is CO[C@@H](CC(=O)OC(C)(C)C)C(C)(C)C(=O)[C@H](C)[C@@H](OC(=O)OCC(Cl)(Cl)Cl)[C@@H](C)C/C=C/C(C)=C\C[C@H](C)/C(C)=C/c1csc(COC(=O)OCC(Cl)(Cl)Cl)n1. The molecule has 0 saturated heterocycles. The number of hydrogen-bond acceptors (Lipinski definition) is 12. The van der Waals surface area contributed by atoms with Crippen molar-refractivity contribution in [3.63, 3.8) is 0 Å². The van der Waals surface area contributed by atoms with Gasteiger partial charge in [0.05, 0.1) is 29.6 Å². The van der Waals surface area contributed by atoms with Crippen molar-refractivity contribution in [2.45, 2.75) is 121 Å². The van der Waals surface area contributed by atoms with E-state index in [2.05, 4.69) is 18.0 Å². The Balaban J connectivity index is 3.02. The van der Waals surface area contributed by atoms with E-state index in [1.54, 1.807) is 41.5 Å². The van der Waals surface area contributed by atoms with Crippen LogP contribution in [0, 0.1) is 23.2 Å². The van der Waals surface area contributed by atoms with Crippen molar-refractivity contribution in [3.05, 3.63) is 45.5 Å². The van der Waals surface area contributed by atoms with E-state index in [1.165, 1.54) is 18.4 Å². The summed E-state index contributed by atoms with van der Waals surface area (Å²) >= 11 is 35.4. The zero-order valence-electron chi connectivity index (χ0n) is 34.2. The lowest BCUT2D eigenvalue weighted by atomic mass is 9.73. The lowest BCUT2D eigenvalue weighted by molar-refractivity contribution is -0.161. The maximum atomic E-state index is 14.1. The highest BCUT2D eigenvalue weighted by Gasteiger charge is 2.45. The number of carbonyl (C=O) groups excluding carboxylic acids is 4. The summed E-state index contributed by atoms with van der Waals surface area (Å²) in [5.41, 5.74) is 0.952. The van der Waals surface area contributed by atoms with Crippen molar-refractivity contribution in [1.82, 2.24) is 4.98 Å². The van der Waals surface area contributed by atoms with Crippen LogP contribution in [0.4, 0.5) is 9.59 Å². The van der Waals surface area contributed by atoms with Crippen molar-refractivity contribution in [3.8, 4) is 0 Å². The van der Waals surface area contributed by atoms with Crippen molar-refractivity contribution >= 4 is 111 Å². The lowest BCUT2D eigenvalue weighted by Gasteiger charge is -2.37. The fraction of sp³-hybridized carbons (Fsp3) is 0.667. The summed E-state index contributed by atoms with van der Waals surface area (Å²) in [7, 11) is 1.43. The van der Waals surface area contributed by atoms with E-state index in [0.717, 1.165) is 23.3 Å². The third-order valence-electron chi connectivity index (χ3n) is 8.62. The lowest BCUT2D eigenvalue weighted by Crippen LogP contribution is -2.47. The van der Waals surface area contributed by atoms with E-state index in [0.29, 0.717) is 11.4 Å². The van der Waals surface area contributed by atoms with Gasteiger partial charge in [0.2, 0.25) is 7.59 Å². The number of Topliss-reactive ketones (excluding diaryl/α,β-unsaturated/α-hetero) is 1. The zero-order valence-corrected chi connectivity index (χ0v) is 39.6. The molecular weight excluding hydrogens is 887 g/mol. The van der Waals surface area contributed by atoms with Gasteiger partial charge in [0, 0.05) is 12.5 Å². The Morgan fingerprint density at radius 2 is 1.44 bits per heavy atom. The minimum atomic E-state index is -1.86. The summed E-state index contributed by atoms with van der Waals surface area (Å²) in [5.74, 6) is -1.82. The summed E-state index contributed by atoms with van der Waals surface area (Å²) < 4.78 is 28.0. The van der Waals surface area contributed by atoms with E-state index in [4.69, 9.17) is 98.0 Å². The first kappa shape index (κ1) is 53.2. The molecule has 0 N–H and O–H groups in total. The summed E-state index contributed by atoms with van der Waals surface area (Å²) in [6, 6.07) is 0. The highest BCUT2D eigenvalue weighted by Crippen LogP contribution is 2.35. The van der Waals surface area contributed by atoms with Crippen LogP contribution in [0.25, 0.3) is 6.08 Å². The predicted octanol–water partition coefficient (Wildman–Crippen LogP) is 12.0. The summed E-state index contributed by atoms with van der Waals surface area (Å²) in [6.07, 6.45) is 5.20. The average Bonchev–Trinajstić information content (AvgIpc) is 3.53. The Morgan fingerprint density at radius 3 is 1.98 bits per heavy atom. The number of hydrogen-bond donors (Lipinski definition) is 0. The van der Waals surface area contributed by atoms with Crippen molar-refractivity contribution in [1.29, 1.82) is 0 Å². The van der Waals surface area contributed by atoms with E-state index < -0.39 is 68.2 Å². The molecule has 18 heteroatoms. The largest absolute Gasteiger partial charge is 0.508 e. The molecule has 0 fully saturated rings. The molecule has 324 valence electrons. The standard InChI is InChI=1S/C39H55Cl6NO10S/c1-23(15-16-24(2)26(4)17-28-20-57-30(46-28)19-52-34(49)53-21-38(40,41)42)13-12-14-25(3)32(55-35(50)54-22-39(43,44)45)27(5)33(48)37(9,10)29(51-11)18-31(47)56-36(6,7)8/h12-13,15,17,20,24-25,27,29,32H,14,16,18-19,21-22H2,1-11H3/b13-12+,23-15-,26-17+/t24-,25-,27+,29-,32-/m0/s1. The highest BCUT2D eigenvalue weighted by atomic mass is 35.6. The van der Waals surface area contributed by atoms with Gasteiger partial charge in [-0.3, -0.25) is 9.59 Å². The molecule has 5 atom stereocenters. The molecule has 1 aromatic rings. The van der Waals surface area contributed by atoms with Crippen LogP contribution in [-0.2, 0) is 44.6 Å². The first-order valence-electron chi connectivity index (χ1n) is 18.1. The number of methoxy groups -OCH3 is 1. The molecule has 0 spiro atoms. The fourth-order valence-corrected chi connectivity index (χ4v) is 6.40. The molecule has 1 aromatic heterocycles. The molecule has 0 aliphatic rings. The van der Waals surface area contributed by atoms with E-state index in [1.807, 2.05) is 44.4 Å². The van der Waals surface area contributed by atoms with Crippen LogP contribution >= 0.6 is 80.9 Å². The second-order valence-electron chi connectivity index (χ2n) is 15.3. The molecule has 0 bridgehead atoms. The summed E-state index contributed by atoms with van der Waals surface area (Å²) in [4.78, 5) is 55.7. The molecule has 1 heterocycles. The minimum Gasteiger partial charge on any atom is -0.460 e. The minimum absolute atomic E-state index is 0.0797. The van der Waals surface area contributed by atoms with Crippen LogP contribution in [0.2, 0.25) is 0 Å². The Morgan fingerprint density at radius 1 is 0.860 bits per heavy atom. The van der Waals surface area contributed by atoms with Crippen molar-refractivity contribution in [2.75, 3.05) is 20.3 Å². The molecule has 11 nitrogen and oxygen atoms in total. The molecule has 0 unspecified atom stereocenters. The maximum absolute atomic E-state index is 14.1. The van der Waals surface area contributed by atoms with E-state index in [-0.39, 0.29) is 30.6 Å². The third-order valence-corrected chi connectivity index (χ3v) is 10.1. The van der Waals surface area contributed by atoms with Crippen LogP contribution in [0.1, 0.15) is 99.2 Å². The van der Waals surface area contributed by atoms with Gasteiger partial charge in [0.15, 0.2) is 0 Å². The Labute approximate surface area is 371 Å². The van der Waals surface area contributed by atoms with Crippen LogP contribution in [0.3, 0.4) is 0 Å². The second kappa shape index (κ2) is 23.9. The van der Waals surface area contributed by atoms with Gasteiger partial charge in [-0.05, 0) is 65.4 Å². The van der Waals surface area contributed by atoms with Crippen molar-refractivity contribution < 1.29 is 47.6 Å². The van der Waals surface area contributed by atoms with Crippen LogP contribution in [0.15, 0.2) is 34.8 Å². The Kier molecular flexibility index (Phi) is 22.3. The Bertz CT molecular complexity index is 1580. The first-order valence-corrected chi connectivity index (χ1v) is 21.2. The van der Waals surface area contributed by atoms with Gasteiger partial charge in [-0.2, -0.15) is 0 Å². The number of ether oxygens (including phenoxy) is 6. The van der Waals surface area contributed by atoms with Gasteiger partial charge in [-0.1, -0.05) is 134 Å².